The minimum absolute atomic E-state index is 0.0748. The Hall–Kier alpha value is -2.22. The molecule has 128 valence electrons. The number of nitro benzene ring substituents is 1. The van der Waals surface area contributed by atoms with Gasteiger partial charge in [0.05, 0.1) is 16.7 Å². The van der Waals surface area contributed by atoms with Crippen molar-refractivity contribution < 1.29 is 9.66 Å². The predicted octanol–water partition coefficient (Wildman–Crippen LogP) is 3.79. The number of aromatic nitrogens is 2. The average Bonchev–Trinajstić information content (AvgIpc) is 3.01. The molecule has 7 nitrogen and oxygen atoms in total. The van der Waals surface area contributed by atoms with E-state index in [4.69, 9.17) is 4.74 Å². The summed E-state index contributed by atoms with van der Waals surface area (Å²) in [5.41, 5.74) is 0.935. The summed E-state index contributed by atoms with van der Waals surface area (Å²) in [6.45, 7) is 4.72. The van der Waals surface area contributed by atoms with Crippen LogP contribution in [0.25, 0.3) is 0 Å². The molecule has 1 aliphatic rings. The minimum Gasteiger partial charge on any atom is -0.470 e. The first-order valence-electron chi connectivity index (χ1n) is 8.03. The highest BCUT2D eigenvalue weighted by Crippen LogP contribution is 2.34. The zero-order valence-corrected chi connectivity index (χ0v) is 14.5. The third kappa shape index (κ3) is 3.48. The van der Waals surface area contributed by atoms with Crippen LogP contribution in [0.1, 0.15) is 38.7 Å². The molecule has 1 saturated heterocycles. The molecular formula is C16H20N4O3S. The second-order valence-corrected chi connectivity index (χ2v) is 6.67. The van der Waals surface area contributed by atoms with Crippen LogP contribution in [-0.2, 0) is 6.61 Å². The van der Waals surface area contributed by atoms with E-state index in [1.165, 1.54) is 18.6 Å². The maximum atomic E-state index is 10.7. The van der Waals surface area contributed by atoms with Gasteiger partial charge in [-0.25, -0.2) is 0 Å². The molecule has 2 unspecified atom stereocenters. The summed E-state index contributed by atoms with van der Waals surface area (Å²) in [4.78, 5) is 12.6. The van der Waals surface area contributed by atoms with Crippen LogP contribution in [0.2, 0.25) is 0 Å². The molecule has 0 saturated carbocycles. The van der Waals surface area contributed by atoms with Crippen molar-refractivity contribution >= 4 is 23.2 Å². The van der Waals surface area contributed by atoms with Crippen molar-refractivity contribution in [1.82, 2.24) is 8.75 Å². The number of hydrogen-bond donors (Lipinski definition) is 0. The van der Waals surface area contributed by atoms with E-state index >= 15 is 0 Å². The molecule has 0 radical (unpaired) electrons. The summed E-state index contributed by atoms with van der Waals surface area (Å²) >= 11 is 1.15. The van der Waals surface area contributed by atoms with Gasteiger partial charge in [0.1, 0.15) is 6.61 Å². The third-order valence-electron chi connectivity index (χ3n) is 4.40. The van der Waals surface area contributed by atoms with Crippen LogP contribution in [0.5, 0.6) is 5.88 Å². The first-order valence-corrected chi connectivity index (χ1v) is 8.76. The summed E-state index contributed by atoms with van der Waals surface area (Å²) in [5, 5.41) is 10.7. The molecule has 24 heavy (non-hydrogen) atoms. The van der Waals surface area contributed by atoms with Gasteiger partial charge in [-0.3, -0.25) is 10.1 Å². The second kappa shape index (κ2) is 7.12. The Morgan fingerprint density at radius 1 is 1.25 bits per heavy atom. The summed E-state index contributed by atoms with van der Waals surface area (Å²) in [6.07, 6.45) is 3.52. The molecule has 8 heteroatoms. The van der Waals surface area contributed by atoms with E-state index in [9.17, 15) is 10.1 Å². The first kappa shape index (κ1) is 16.6. The van der Waals surface area contributed by atoms with Gasteiger partial charge in [0.15, 0.2) is 0 Å². The molecule has 3 rings (SSSR count). The minimum atomic E-state index is -0.410. The summed E-state index contributed by atoms with van der Waals surface area (Å²) < 4.78 is 14.6. The molecule has 1 aromatic heterocycles. The number of piperidine rings is 1. The van der Waals surface area contributed by atoms with Crippen molar-refractivity contribution in [1.29, 1.82) is 0 Å². The number of benzene rings is 1. The van der Waals surface area contributed by atoms with Gasteiger partial charge < -0.3 is 9.64 Å². The molecule has 1 aliphatic heterocycles. The van der Waals surface area contributed by atoms with Gasteiger partial charge in [-0.15, -0.1) is 4.37 Å². The highest BCUT2D eigenvalue weighted by atomic mass is 32.1. The quantitative estimate of drug-likeness (QED) is 0.604. The van der Waals surface area contributed by atoms with Crippen molar-refractivity contribution in [3.05, 3.63) is 39.9 Å². The number of hydrogen-bond acceptors (Lipinski definition) is 7. The van der Waals surface area contributed by atoms with Gasteiger partial charge >= 0.3 is 0 Å². The van der Waals surface area contributed by atoms with E-state index in [1.54, 1.807) is 12.1 Å². The number of ether oxygens (including phenoxy) is 1. The molecule has 0 spiro atoms. The molecule has 0 amide bonds. The molecular weight excluding hydrogens is 328 g/mol. The normalized spacial score (nSPS) is 20.8. The van der Waals surface area contributed by atoms with Gasteiger partial charge in [-0.2, -0.15) is 4.37 Å². The fraction of sp³-hybridized carbons (Fsp3) is 0.500. The largest absolute Gasteiger partial charge is 0.470 e. The van der Waals surface area contributed by atoms with Crippen molar-refractivity contribution in [2.45, 2.75) is 51.8 Å². The van der Waals surface area contributed by atoms with Crippen LogP contribution in [-0.4, -0.2) is 25.8 Å². The third-order valence-corrected chi connectivity index (χ3v) is 4.91. The SMILES string of the molecule is CC1CCCC(C)N1c1nsnc1OCc1ccc([N+](=O)[O-])cc1. The number of anilines is 1. The molecule has 2 heterocycles. The Kier molecular flexibility index (Phi) is 4.94. The lowest BCUT2D eigenvalue weighted by molar-refractivity contribution is -0.384. The highest BCUT2D eigenvalue weighted by molar-refractivity contribution is 6.99. The number of nitrogens with zero attached hydrogens (tertiary/aromatic N) is 4. The lowest BCUT2D eigenvalue weighted by Crippen LogP contribution is -2.44. The lowest BCUT2D eigenvalue weighted by Gasteiger charge is -2.39. The molecule has 0 N–H and O–H groups in total. The second-order valence-electron chi connectivity index (χ2n) is 6.14. The van der Waals surface area contributed by atoms with Crippen LogP contribution in [0, 0.1) is 10.1 Å². The monoisotopic (exact) mass is 348 g/mol. The summed E-state index contributed by atoms with van der Waals surface area (Å²) in [5.74, 6) is 1.35. The predicted molar refractivity (Wildman–Crippen MR) is 92.6 cm³/mol. The van der Waals surface area contributed by atoms with Crippen LogP contribution < -0.4 is 9.64 Å². The van der Waals surface area contributed by atoms with Crippen LogP contribution in [0.15, 0.2) is 24.3 Å². The topological polar surface area (TPSA) is 81.4 Å². The van der Waals surface area contributed by atoms with Gasteiger partial charge in [-0.1, -0.05) is 0 Å². The fourth-order valence-corrected chi connectivity index (χ4v) is 3.63. The standard InChI is InChI=1S/C16H20N4O3S/c1-11-4-3-5-12(2)19(11)15-16(18-24-17-15)23-10-13-6-8-14(9-7-13)20(21)22/h6-9,11-12H,3-5,10H2,1-2H3. The van der Waals surface area contributed by atoms with E-state index in [-0.39, 0.29) is 5.69 Å². The van der Waals surface area contributed by atoms with Gasteiger partial charge in [-0.05, 0) is 50.8 Å². The number of nitro groups is 1. The van der Waals surface area contributed by atoms with Crippen LogP contribution >= 0.6 is 11.7 Å². The lowest BCUT2D eigenvalue weighted by atomic mass is 9.98. The van der Waals surface area contributed by atoms with E-state index in [2.05, 4.69) is 27.5 Å². The Labute approximate surface area is 144 Å². The molecule has 0 bridgehead atoms. The Balaban J connectivity index is 1.70. The number of rotatable bonds is 5. The highest BCUT2D eigenvalue weighted by Gasteiger charge is 2.29. The molecule has 1 aromatic carbocycles. The molecule has 0 aliphatic carbocycles. The van der Waals surface area contributed by atoms with Crippen LogP contribution in [0.4, 0.5) is 11.5 Å². The molecule has 2 atom stereocenters. The average molecular weight is 348 g/mol. The summed E-state index contributed by atoms with van der Waals surface area (Å²) in [6, 6.07) is 7.19. The van der Waals surface area contributed by atoms with E-state index in [0.717, 1.165) is 36.0 Å². The summed E-state index contributed by atoms with van der Waals surface area (Å²) in [7, 11) is 0. The Morgan fingerprint density at radius 3 is 2.54 bits per heavy atom. The van der Waals surface area contributed by atoms with E-state index in [0.29, 0.717) is 24.6 Å². The smallest absolute Gasteiger partial charge is 0.271 e. The van der Waals surface area contributed by atoms with Crippen molar-refractivity contribution in [2.75, 3.05) is 4.90 Å². The molecule has 1 fully saturated rings. The van der Waals surface area contributed by atoms with Crippen molar-refractivity contribution in [3.8, 4) is 5.88 Å². The van der Waals surface area contributed by atoms with E-state index in [1.807, 2.05) is 0 Å². The van der Waals surface area contributed by atoms with Crippen molar-refractivity contribution in [3.63, 3.8) is 0 Å². The van der Waals surface area contributed by atoms with Gasteiger partial charge in [0.2, 0.25) is 5.82 Å². The maximum absolute atomic E-state index is 10.7. The Morgan fingerprint density at radius 2 is 1.92 bits per heavy atom. The van der Waals surface area contributed by atoms with E-state index < -0.39 is 4.92 Å². The van der Waals surface area contributed by atoms with Crippen LogP contribution in [0.3, 0.4) is 0 Å². The zero-order chi connectivity index (χ0) is 17.1. The fourth-order valence-electron chi connectivity index (χ4n) is 3.13. The van der Waals surface area contributed by atoms with Gasteiger partial charge in [0, 0.05) is 24.2 Å². The zero-order valence-electron chi connectivity index (χ0n) is 13.7. The molecule has 2 aromatic rings. The number of non-ortho nitro benzene ring substituents is 1. The van der Waals surface area contributed by atoms with Crippen molar-refractivity contribution in [2.24, 2.45) is 0 Å². The first-order chi connectivity index (χ1) is 11.6. The Bertz CT molecular complexity index is 694. The van der Waals surface area contributed by atoms with Gasteiger partial charge in [0.25, 0.3) is 11.6 Å². The maximum Gasteiger partial charge on any atom is 0.271 e.